The Morgan fingerprint density at radius 1 is 1.27 bits per heavy atom. The van der Waals surface area contributed by atoms with E-state index < -0.39 is 5.92 Å². The van der Waals surface area contributed by atoms with E-state index >= 15 is 0 Å². The molecule has 0 saturated carbocycles. The van der Waals surface area contributed by atoms with Gasteiger partial charge in [0.2, 0.25) is 0 Å². The van der Waals surface area contributed by atoms with E-state index in [4.69, 9.17) is 15.5 Å². The van der Waals surface area contributed by atoms with Crippen LogP contribution in [0.3, 0.4) is 0 Å². The number of carbonyl (C=O) groups excluding carboxylic acids is 1. The van der Waals surface area contributed by atoms with Crippen molar-refractivity contribution in [3.63, 3.8) is 0 Å². The molecule has 2 aliphatic heterocycles. The lowest BCUT2D eigenvalue weighted by atomic mass is 9.98. The number of piperidine rings is 1. The first-order valence-corrected chi connectivity index (χ1v) is 7.98. The number of hydrogen-bond acceptors (Lipinski definition) is 5. The molecule has 2 N–H and O–H groups in total. The van der Waals surface area contributed by atoms with Gasteiger partial charge in [0.15, 0.2) is 0 Å². The van der Waals surface area contributed by atoms with Gasteiger partial charge in [-0.05, 0) is 38.3 Å². The van der Waals surface area contributed by atoms with Crippen molar-refractivity contribution in [2.45, 2.75) is 49.8 Å². The second-order valence-electron chi connectivity index (χ2n) is 6.38. The van der Waals surface area contributed by atoms with E-state index in [0.717, 1.165) is 18.4 Å². The third-order valence-electron chi connectivity index (χ3n) is 5.09. The van der Waals surface area contributed by atoms with E-state index in [-0.39, 0.29) is 18.7 Å². The molecule has 2 fully saturated rings. The van der Waals surface area contributed by atoms with Crippen LogP contribution in [-0.2, 0) is 14.4 Å². The number of carbonyl (C=O) groups is 1. The van der Waals surface area contributed by atoms with Gasteiger partial charge in [-0.25, -0.2) is 5.90 Å². The molecule has 3 unspecified atom stereocenters. The molecule has 3 rings (SSSR count). The third kappa shape index (κ3) is 3.16. The van der Waals surface area contributed by atoms with Gasteiger partial charge >= 0.3 is 5.97 Å². The Morgan fingerprint density at radius 3 is 2.50 bits per heavy atom. The van der Waals surface area contributed by atoms with E-state index in [0.29, 0.717) is 12.1 Å². The Hall–Kier alpha value is -1.43. The Kier molecular flexibility index (Phi) is 4.76. The molecular formula is C17H24N2O3. The maximum atomic E-state index is 12.5. The molecule has 2 heterocycles. The van der Waals surface area contributed by atoms with Gasteiger partial charge in [0.1, 0.15) is 12.0 Å². The van der Waals surface area contributed by atoms with Crippen molar-refractivity contribution in [2.24, 2.45) is 5.90 Å². The number of benzene rings is 1. The summed E-state index contributed by atoms with van der Waals surface area (Å²) < 4.78 is 5.79. The molecule has 22 heavy (non-hydrogen) atoms. The van der Waals surface area contributed by atoms with Crippen LogP contribution < -0.4 is 5.90 Å². The second-order valence-corrected chi connectivity index (χ2v) is 6.38. The molecule has 0 amide bonds. The number of hydrogen-bond donors (Lipinski definition) is 1. The highest BCUT2D eigenvalue weighted by Gasteiger charge is 2.40. The summed E-state index contributed by atoms with van der Waals surface area (Å²) in [5.41, 5.74) is 0.883. The Morgan fingerprint density at radius 2 is 1.91 bits per heavy atom. The molecule has 1 aromatic rings. The van der Waals surface area contributed by atoms with Crippen molar-refractivity contribution in [1.29, 1.82) is 0 Å². The molecule has 5 nitrogen and oxygen atoms in total. The highest BCUT2D eigenvalue weighted by Crippen LogP contribution is 2.36. The summed E-state index contributed by atoms with van der Waals surface area (Å²) in [7, 11) is 2.18. The van der Waals surface area contributed by atoms with E-state index in [1.54, 1.807) is 0 Å². The number of ether oxygens (including phenoxy) is 1. The van der Waals surface area contributed by atoms with E-state index in [9.17, 15) is 4.79 Å². The van der Waals surface area contributed by atoms with Crippen LogP contribution in [0.1, 0.15) is 37.2 Å². The fraction of sp³-hybridized carbons (Fsp3) is 0.588. The highest BCUT2D eigenvalue weighted by atomic mass is 16.6. The number of nitrogens with two attached hydrogens (primary N) is 1. The summed E-state index contributed by atoms with van der Waals surface area (Å²) >= 11 is 0. The lowest BCUT2D eigenvalue weighted by Gasteiger charge is -2.36. The fourth-order valence-electron chi connectivity index (χ4n) is 3.79. The monoisotopic (exact) mass is 304 g/mol. The van der Waals surface area contributed by atoms with Crippen molar-refractivity contribution in [3.05, 3.63) is 35.9 Å². The van der Waals surface area contributed by atoms with Gasteiger partial charge in [-0.15, -0.1) is 0 Å². The molecule has 2 saturated heterocycles. The number of nitrogens with zero attached hydrogens (tertiary/aromatic N) is 1. The molecule has 2 bridgehead atoms. The second kappa shape index (κ2) is 6.77. The van der Waals surface area contributed by atoms with Crippen molar-refractivity contribution in [3.8, 4) is 0 Å². The van der Waals surface area contributed by atoms with Crippen LogP contribution >= 0.6 is 0 Å². The molecular weight excluding hydrogens is 280 g/mol. The normalized spacial score (nSPS) is 29.3. The zero-order valence-electron chi connectivity index (χ0n) is 13.0. The van der Waals surface area contributed by atoms with Crippen molar-refractivity contribution in [2.75, 3.05) is 13.7 Å². The first-order valence-electron chi connectivity index (χ1n) is 7.98. The third-order valence-corrected chi connectivity index (χ3v) is 5.09. The van der Waals surface area contributed by atoms with Gasteiger partial charge in [-0.1, -0.05) is 30.3 Å². The molecule has 0 aromatic heterocycles. The van der Waals surface area contributed by atoms with Crippen LogP contribution in [0.2, 0.25) is 0 Å². The van der Waals surface area contributed by atoms with Crippen LogP contribution in [0.25, 0.3) is 0 Å². The highest BCUT2D eigenvalue weighted by molar-refractivity contribution is 5.78. The quantitative estimate of drug-likeness (QED) is 0.664. The summed E-state index contributed by atoms with van der Waals surface area (Å²) in [5.74, 6) is 4.51. The van der Waals surface area contributed by atoms with Crippen LogP contribution in [0.5, 0.6) is 0 Å². The Labute approximate surface area is 131 Å². The molecule has 0 spiro atoms. The molecule has 1 aromatic carbocycles. The van der Waals surface area contributed by atoms with Crippen LogP contribution in [0.4, 0.5) is 0 Å². The van der Waals surface area contributed by atoms with Gasteiger partial charge in [0.25, 0.3) is 0 Å². The summed E-state index contributed by atoms with van der Waals surface area (Å²) in [6, 6.07) is 10.6. The predicted molar refractivity (Wildman–Crippen MR) is 83.0 cm³/mol. The zero-order valence-corrected chi connectivity index (χ0v) is 13.0. The minimum Gasteiger partial charge on any atom is -0.462 e. The average molecular weight is 304 g/mol. The van der Waals surface area contributed by atoms with Crippen molar-refractivity contribution >= 4 is 5.97 Å². The molecule has 0 radical (unpaired) electrons. The minimum absolute atomic E-state index is 0.0187. The molecule has 3 atom stereocenters. The van der Waals surface area contributed by atoms with Crippen molar-refractivity contribution < 1.29 is 14.4 Å². The summed E-state index contributed by atoms with van der Waals surface area (Å²) in [6.07, 6.45) is 4.31. The molecule has 120 valence electrons. The maximum absolute atomic E-state index is 12.5. The number of fused-ring (bicyclic) bond motifs is 2. The van der Waals surface area contributed by atoms with Crippen molar-refractivity contribution in [1.82, 2.24) is 4.90 Å². The first-order chi connectivity index (χ1) is 10.7. The Bertz CT molecular complexity index is 494. The SMILES string of the molecule is CN1C2CCC1CC(OC(=O)C(CON)c1ccccc1)C2. The van der Waals surface area contributed by atoms with E-state index in [1.165, 1.54) is 12.8 Å². The summed E-state index contributed by atoms with van der Waals surface area (Å²) in [6.45, 7) is 0.141. The lowest BCUT2D eigenvalue weighted by Crippen LogP contribution is -2.44. The Balaban J connectivity index is 1.65. The predicted octanol–water partition coefficient (Wildman–Crippen LogP) is 1.83. The summed E-state index contributed by atoms with van der Waals surface area (Å²) in [5, 5.41) is 0. The van der Waals surface area contributed by atoms with Crippen LogP contribution in [0.15, 0.2) is 30.3 Å². The smallest absolute Gasteiger partial charge is 0.316 e. The summed E-state index contributed by atoms with van der Waals surface area (Å²) in [4.78, 5) is 19.7. The van der Waals surface area contributed by atoms with Gasteiger partial charge in [0, 0.05) is 12.1 Å². The maximum Gasteiger partial charge on any atom is 0.316 e. The number of rotatable bonds is 5. The zero-order chi connectivity index (χ0) is 15.5. The van der Waals surface area contributed by atoms with E-state index in [2.05, 4.69) is 11.9 Å². The van der Waals surface area contributed by atoms with Gasteiger partial charge in [0.05, 0.1) is 6.61 Å². The lowest BCUT2D eigenvalue weighted by molar-refractivity contribution is -0.156. The van der Waals surface area contributed by atoms with Crippen LogP contribution in [0, 0.1) is 0 Å². The van der Waals surface area contributed by atoms with E-state index in [1.807, 2.05) is 30.3 Å². The average Bonchev–Trinajstić information content (AvgIpc) is 2.75. The molecule has 0 aliphatic carbocycles. The molecule has 2 aliphatic rings. The largest absolute Gasteiger partial charge is 0.462 e. The van der Waals surface area contributed by atoms with Gasteiger partial charge < -0.3 is 14.5 Å². The first kappa shape index (κ1) is 15.5. The molecule has 5 heteroatoms. The number of esters is 1. The van der Waals surface area contributed by atoms with Gasteiger partial charge in [-0.3, -0.25) is 4.79 Å². The standard InChI is InChI=1S/C17H24N2O3/c1-19-13-7-8-14(19)10-15(9-13)22-17(20)16(11-21-18)12-5-3-2-4-6-12/h2-6,13-16H,7-11,18H2,1H3. The fourth-order valence-corrected chi connectivity index (χ4v) is 3.79. The van der Waals surface area contributed by atoms with Gasteiger partial charge in [-0.2, -0.15) is 0 Å². The topological polar surface area (TPSA) is 64.8 Å². The van der Waals surface area contributed by atoms with Crippen LogP contribution in [-0.4, -0.2) is 42.7 Å². The minimum atomic E-state index is -0.455.